The summed E-state index contributed by atoms with van der Waals surface area (Å²) in [6.45, 7) is 29.4. The van der Waals surface area contributed by atoms with Crippen molar-refractivity contribution < 1.29 is 13.9 Å². The fraction of sp³-hybridized carbons (Fsp3) is 0.478. The van der Waals surface area contributed by atoms with Crippen LogP contribution in [0.4, 0.5) is 14.5 Å². The van der Waals surface area contributed by atoms with Crippen molar-refractivity contribution >= 4 is 17.3 Å². The standard InChI is InChI=1S/C14H21N.C12H16F2.C10H13Cl.C10H14O/c1-14(2,3)12-6-8-13(9-7-12)15-10-4-5-11-15;1-11(2,3)9-5-7-10(8-6-9)12(4,13)14;2*1-10(2,3)8-4-6-9(11)7-5-8/h6-9H,4-5,10-11H2,1-3H3;5-8H,1-4H3;4-7H,1-3H3;4-7,11H,1-3H3. The zero-order chi connectivity index (χ0) is 38.8. The number of hydrogen-bond acceptors (Lipinski definition) is 2. The lowest BCUT2D eigenvalue weighted by molar-refractivity contribution is 0.0174. The summed E-state index contributed by atoms with van der Waals surface area (Å²) in [6, 6.07) is 31.0. The SMILES string of the molecule is CC(C)(C)c1ccc(C(C)(F)F)cc1.CC(C)(C)c1ccc(Cl)cc1.CC(C)(C)c1ccc(N2CCCC2)cc1.CC(C)(C)c1ccc(O)cc1. The lowest BCUT2D eigenvalue weighted by Crippen LogP contribution is -2.18. The van der Waals surface area contributed by atoms with Gasteiger partial charge in [0.2, 0.25) is 0 Å². The Morgan fingerprint density at radius 1 is 0.451 bits per heavy atom. The van der Waals surface area contributed by atoms with E-state index in [1.165, 1.54) is 60.4 Å². The minimum Gasteiger partial charge on any atom is -0.508 e. The molecular weight excluding hydrogens is 656 g/mol. The largest absolute Gasteiger partial charge is 0.508 e. The Morgan fingerprint density at radius 3 is 1.04 bits per heavy atom. The monoisotopic (exact) mass is 719 g/mol. The molecule has 0 bridgehead atoms. The molecular formula is C46H64ClF2NO. The van der Waals surface area contributed by atoms with Gasteiger partial charge in [-0.05, 0) is 93.2 Å². The number of alkyl halides is 2. The van der Waals surface area contributed by atoms with Gasteiger partial charge in [-0.1, -0.05) is 155 Å². The maximum atomic E-state index is 12.9. The van der Waals surface area contributed by atoms with Crippen LogP contribution in [-0.2, 0) is 27.6 Å². The van der Waals surface area contributed by atoms with Gasteiger partial charge in [-0.2, -0.15) is 0 Å². The molecule has 280 valence electrons. The van der Waals surface area contributed by atoms with Gasteiger partial charge in [0.25, 0.3) is 5.92 Å². The predicted octanol–water partition coefficient (Wildman–Crippen LogP) is 14.0. The van der Waals surface area contributed by atoms with Crippen molar-refractivity contribution in [3.63, 3.8) is 0 Å². The number of aromatic hydroxyl groups is 1. The van der Waals surface area contributed by atoms with E-state index in [0.717, 1.165) is 17.5 Å². The first-order valence-corrected chi connectivity index (χ1v) is 18.6. The van der Waals surface area contributed by atoms with Gasteiger partial charge in [0.1, 0.15) is 5.75 Å². The molecule has 4 aromatic rings. The Morgan fingerprint density at radius 2 is 0.725 bits per heavy atom. The number of phenolic OH excluding ortho intramolecular Hbond substituents is 1. The Bertz CT molecular complexity index is 1480. The minimum absolute atomic E-state index is 0.0154. The smallest absolute Gasteiger partial charge is 0.270 e. The van der Waals surface area contributed by atoms with Crippen molar-refractivity contribution in [2.75, 3.05) is 18.0 Å². The normalized spacial score (nSPS) is 13.6. The highest BCUT2D eigenvalue weighted by atomic mass is 35.5. The van der Waals surface area contributed by atoms with Gasteiger partial charge in [0, 0.05) is 36.3 Å². The summed E-state index contributed by atoms with van der Waals surface area (Å²) >= 11 is 5.76. The molecule has 0 radical (unpaired) electrons. The molecule has 0 atom stereocenters. The van der Waals surface area contributed by atoms with E-state index >= 15 is 0 Å². The second-order valence-electron chi connectivity index (χ2n) is 17.8. The Kier molecular flexibility index (Phi) is 15.4. The van der Waals surface area contributed by atoms with Gasteiger partial charge < -0.3 is 10.0 Å². The van der Waals surface area contributed by atoms with Crippen LogP contribution in [0, 0.1) is 0 Å². The number of hydrogen-bond donors (Lipinski definition) is 1. The van der Waals surface area contributed by atoms with Crippen LogP contribution in [0.5, 0.6) is 5.75 Å². The molecule has 1 saturated heterocycles. The van der Waals surface area contributed by atoms with Crippen LogP contribution in [0.1, 0.15) is 131 Å². The third-order valence-electron chi connectivity index (χ3n) is 8.91. The molecule has 1 aliphatic heterocycles. The first kappa shape index (κ1) is 43.8. The summed E-state index contributed by atoms with van der Waals surface area (Å²) in [5.74, 6) is -2.41. The highest BCUT2D eigenvalue weighted by Gasteiger charge is 2.24. The first-order valence-electron chi connectivity index (χ1n) is 18.2. The number of benzene rings is 4. The van der Waals surface area contributed by atoms with E-state index < -0.39 is 5.92 Å². The molecule has 0 aromatic heterocycles. The number of anilines is 1. The Hall–Kier alpha value is -3.37. The minimum atomic E-state index is -2.74. The van der Waals surface area contributed by atoms with E-state index in [2.05, 4.69) is 124 Å². The molecule has 0 spiro atoms. The number of rotatable bonds is 2. The van der Waals surface area contributed by atoms with Crippen LogP contribution >= 0.6 is 11.6 Å². The van der Waals surface area contributed by atoms with Crippen LogP contribution in [0.3, 0.4) is 0 Å². The molecule has 1 aliphatic rings. The molecule has 0 saturated carbocycles. The first-order chi connectivity index (χ1) is 23.3. The van der Waals surface area contributed by atoms with Crippen LogP contribution in [0.2, 0.25) is 5.02 Å². The van der Waals surface area contributed by atoms with E-state index in [1.54, 1.807) is 24.3 Å². The van der Waals surface area contributed by atoms with Gasteiger partial charge in [-0.3, -0.25) is 0 Å². The second kappa shape index (κ2) is 17.9. The maximum Gasteiger partial charge on any atom is 0.270 e. The van der Waals surface area contributed by atoms with Crippen LogP contribution in [0.15, 0.2) is 97.1 Å². The lowest BCUT2D eigenvalue weighted by Gasteiger charge is -2.22. The highest BCUT2D eigenvalue weighted by molar-refractivity contribution is 6.30. The second-order valence-corrected chi connectivity index (χ2v) is 18.2. The molecule has 2 nitrogen and oxygen atoms in total. The van der Waals surface area contributed by atoms with Gasteiger partial charge in [-0.15, -0.1) is 0 Å². The van der Waals surface area contributed by atoms with Gasteiger partial charge in [0.05, 0.1) is 0 Å². The topological polar surface area (TPSA) is 23.5 Å². The number of nitrogens with zero attached hydrogens (tertiary/aromatic N) is 1. The van der Waals surface area contributed by atoms with E-state index in [4.69, 9.17) is 16.7 Å². The average Bonchev–Trinajstić information content (AvgIpc) is 3.56. The van der Waals surface area contributed by atoms with Crippen molar-refractivity contribution in [2.45, 2.75) is 130 Å². The van der Waals surface area contributed by atoms with E-state index in [-0.39, 0.29) is 27.2 Å². The zero-order valence-electron chi connectivity index (χ0n) is 33.6. The molecule has 51 heavy (non-hydrogen) atoms. The summed E-state index contributed by atoms with van der Waals surface area (Å²) in [7, 11) is 0. The van der Waals surface area contributed by atoms with Crippen molar-refractivity contribution in [2.24, 2.45) is 0 Å². The van der Waals surface area contributed by atoms with Crippen molar-refractivity contribution in [3.8, 4) is 5.75 Å². The Balaban J connectivity index is 0.000000238. The van der Waals surface area contributed by atoms with Crippen molar-refractivity contribution in [3.05, 3.63) is 130 Å². The Labute approximate surface area is 314 Å². The van der Waals surface area contributed by atoms with E-state index in [0.29, 0.717) is 5.75 Å². The van der Waals surface area contributed by atoms with Crippen LogP contribution < -0.4 is 4.90 Å². The van der Waals surface area contributed by atoms with Gasteiger partial charge in [-0.25, -0.2) is 8.78 Å². The summed E-state index contributed by atoms with van der Waals surface area (Å²) in [4.78, 5) is 2.48. The average molecular weight is 720 g/mol. The molecule has 4 aromatic carbocycles. The molecule has 1 heterocycles. The van der Waals surface area contributed by atoms with Crippen molar-refractivity contribution in [1.29, 1.82) is 0 Å². The highest BCUT2D eigenvalue weighted by Crippen LogP contribution is 2.30. The van der Waals surface area contributed by atoms with E-state index in [9.17, 15) is 8.78 Å². The third kappa shape index (κ3) is 15.4. The van der Waals surface area contributed by atoms with Gasteiger partial charge in [0.15, 0.2) is 0 Å². The summed E-state index contributed by atoms with van der Waals surface area (Å²) in [5, 5.41) is 9.83. The summed E-state index contributed by atoms with van der Waals surface area (Å²) in [6.07, 6.45) is 2.70. The summed E-state index contributed by atoms with van der Waals surface area (Å²) in [5.41, 5.74) is 7.21. The van der Waals surface area contributed by atoms with Crippen LogP contribution in [-0.4, -0.2) is 18.2 Å². The van der Waals surface area contributed by atoms with Crippen molar-refractivity contribution in [1.82, 2.24) is 0 Å². The van der Waals surface area contributed by atoms with Gasteiger partial charge >= 0.3 is 0 Å². The molecule has 5 heteroatoms. The molecule has 1 fully saturated rings. The quantitative estimate of drug-likeness (QED) is 0.223. The number of phenols is 1. The summed E-state index contributed by atoms with van der Waals surface area (Å²) < 4.78 is 25.8. The van der Waals surface area contributed by atoms with E-state index in [1.807, 2.05) is 24.3 Å². The molecule has 1 N–H and O–H groups in total. The fourth-order valence-electron chi connectivity index (χ4n) is 5.32. The molecule has 5 rings (SSSR count). The lowest BCUT2D eigenvalue weighted by atomic mass is 9.86. The fourth-order valence-corrected chi connectivity index (χ4v) is 5.45. The maximum absolute atomic E-state index is 12.9. The zero-order valence-corrected chi connectivity index (χ0v) is 34.4. The predicted molar refractivity (Wildman–Crippen MR) is 218 cm³/mol. The van der Waals surface area contributed by atoms with Crippen LogP contribution in [0.25, 0.3) is 0 Å². The molecule has 0 aliphatic carbocycles. The molecule has 0 amide bonds. The molecule has 0 unspecified atom stereocenters. The third-order valence-corrected chi connectivity index (χ3v) is 9.16. The number of halogens is 3.